The van der Waals surface area contributed by atoms with Crippen molar-refractivity contribution in [2.75, 3.05) is 4.90 Å². The highest BCUT2D eigenvalue weighted by Crippen LogP contribution is 2.46. The van der Waals surface area contributed by atoms with Crippen LogP contribution in [0.2, 0.25) is 0 Å². The van der Waals surface area contributed by atoms with Crippen LogP contribution in [0.15, 0.2) is 36.4 Å². The summed E-state index contributed by atoms with van der Waals surface area (Å²) in [7, 11) is 0. The molecule has 5 nitrogen and oxygen atoms in total. The van der Waals surface area contributed by atoms with E-state index in [1.54, 1.807) is 12.1 Å². The van der Waals surface area contributed by atoms with Gasteiger partial charge in [0.2, 0.25) is 11.8 Å². The number of aromatic hydroxyl groups is 1. The van der Waals surface area contributed by atoms with Crippen molar-refractivity contribution in [1.29, 1.82) is 0 Å². The first-order valence-corrected chi connectivity index (χ1v) is 6.17. The first-order valence-electron chi connectivity index (χ1n) is 6.17. The summed E-state index contributed by atoms with van der Waals surface area (Å²) in [4.78, 5) is 26.0. The second-order valence-corrected chi connectivity index (χ2v) is 5.03. The number of ether oxygens (including phenoxy) is 1. The Morgan fingerprint density at radius 2 is 1.47 bits per heavy atom. The fourth-order valence-corrected chi connectivity index (χ4v) is 3.16. The first kappa shape index (κ1) is 10.8. The van der Waals surface area contributed by atoms with Crippen LogP contribution in [0, 0.1) is 11.8 Å². The topological polar surface area (TPSA) is 66.8 Å². The minimum Gasteiger partial charge on any atom is -0.508 e. The molecule has 1 aromatic rings. The third-order valence-electron chi connectivity index (χ3n) is 4.02. The number of carbonyl (C=O) groups excluding carboxylic acids is 2. The molecule has 3 aliphatic heterocycles. The number of anilines is 1. The van der Waals surface area contributed by atoms with Gasteiger partial charge in [-0.1, -0.05) is 12.2 Å². The van der Waals surface area contributed by atoms with E-state index in [4.69, 9.17) is 4.74 Å². The fraction of sp³-hybridized carbons (Fsp3) is 0.286. The van der Waals surface area contributed by atoms with Crippen molar-refractivity contribution in [2.45, 2.75) is 12.2 Å². The molecule has 2 fully saturated rings. The molecular formula is C14H11NO4. The number of hydrogen-bond donors (Lipinski definition) is 1. The van der Waals surface area contributed by atoms with Crippen molar-refractivity contribution in [1.82, 2.24) is 0 Å². The Kier molecular flexibility index (Phi) is 1.95. The lowest BCUT2D eigenvalue weighted by Gasteiger charge is -2.17. The van der Waals surface area contributed by atoms with Crippen molar-refractivity contribution < 1.29 is 19.4 Å². The Hall–Kier alpha value is -2.14. The second-order valence-electron chi connectivity index (χ2n) is 5.03. The first-order chi connectivity index (χ1) is 9.16. The van der Waals surface area contributed by atoms with Gasteiger partial charge in [0.15, 0.2) is 0 Å². The van der Waals surface area contributed by atoms with Gasteiger partial charge in [-0.15, -0.1) is 0 Å². The molecule has 5 heteroatoms. The number of benzene rings is 1. The second kappa shape index (κ2) is 3.45. The van der Waals surface area contributed by atoms with Gasteiger partial charge in [-0.25, -0.2) is 4.90 Å². The molecule has 4 unspecified atom stereocenters. The molecule has 3 heterocycles. The Balaban J connectivity index is 1.74. The zero-order chi connectivity index (χ0) is 13.1. The van der Waals surface area contributed by atoms with Crippen LogP contribution in [-0.2, 0) is 14.3 Å². The molecule has 0 saturated carbocycles. The lowest BCUT2D eigenvalue weighted by Crippen LogP contribution is -2.34. The molecule has 19 heavy (non-hydrogen) atoms. The molecule has 3 aliphatic rings. The average molecular weight is 257 g/mol. The van der Waals surface area contributed by atoms with E-state index in [-0.39, 0.29) is 29.8 Å². The van der Waals surface area contributed by atoms with Crippen LogP contribution >= 0.6 is 0 Å². The molecule has 4 atom stereocenters. The van der Waals surface area contributed by atoms with E-state index >= 15 is 0 Å². The Morgan fingerprint density at radius 1 is 0.947 bits per heavy atom. The third-order valence-corrected chi connectivity index (χ3v) is 4.02. The number of carbonyl (C=O) groups is 2. The number of amides is 2. The molecule has 0 radical (unpaired) electrons. The number of rotatable bonds is 1. The van der Waals surface area contributed by atoms with E-state index in [1.807, 2.05) is 12.2 Å². The minimum absolute atomic E-state index is 0.105. The maximum absolute atomic E-state index is 12.4. The standard InChI is InChI=1S/C14H11NO4/c16-8-3-1-7(2-4-8)15-13(17)11-9-5-6-10(19-9)12(11)14(15)18/h1-6,9-12,16H. The summed E-state index contributed by atoms with van der Waals surface area (Å²) in [6.07, 6.45) is 3.18. The van der Waals surface area contributed by atoms with Gasteiger partial charge in [0.1, 0.15) is 5.75 Å². The highest BCUT2D eigenvalue weighted by molar-refractivity contribution is 6.23. The SMILES string of the molecule is O=C1C2C3C=CC(O3)C2C(=O)N1c1ccc(O)cc1. The van der Waals surface area contributed by atoms with Crippen LogP contribution in [0.25, 0.3) is 0 Å². The van der Waals surface area contributed by atoms with Gasteiger partial charge >= 0.3 is 0 Å². The summed E-state index contributed by atoms with van der Waals surface area (Å²) >= 11 is 0. The lowest BCUT2D eigenvalue weighted by atomic mass is 9.85. The molecule has 4 rings (SSSR count). The molecule has 2 bridgehead atoms. The Labute approximate surface area is 109 Å². The number of phenolic OH excluding ortho intramolecular Hbond substituents is 1. The maximum Gasteiger partial charge on any atom is 0.240 e. The van der Waals surface area contributed by atoms with E-state index in [1.165, 1.54) is 17.0 Å². The molecular weight excluding hydrogens is 246 g/mol. The van der Waals surface area contributed by atoms with Crippen LogP contribution in [0.1, 0.15) is 0 Å². The van der Waals surface area contributed by atoms with Gasteiger partial charge in [0.05, 0.1) is 29.7 Å². The number of fused-ring (bicyclic) bond motifs is 5. The summed E-state index contributed by atoms with van der Waals surface area (Å²) in [5, 5.41) is 9.27. The summed E-state index contributed by atoms with van der Waals surface area (Å²) in [6, 6.07) is 6.07. The maximum atomic E-state index is 12.4. The molecule has 96 valence electrons. The molecule has 1 N–H and O–H groups in total. The molecule has 0 aliphatic carbocycles. The highest BCUT2D eigenvalue weighted by atomic mass is 16.5. The van der Waals surface area contributed by atoms with Crippen LogP contribution in [0.5, 0.6) is 5.75 Å². The predicted molar refractivity (Wildman–Crippen MR) is 65.4 cm³/mol. The zero-order valence-electron chi connectivity index (χ0n) is 9.89. The quantitative estimate of drug-likeness (QED) is 0.598. The van der Waals surface area contributed by atoms with Crippen molar-refractivity contribution in [3.63, 3.8) is 0 Å². The lowest BCUT2D eigenvalue weighted by molar-refractivity contribution is -0.124. The average Bonchev–Trinajstić information content (AvgIpc) is 3.06. The van der Waals surface area contributed by atoms with Gasteiger partial charge in [-0.2, -0.15) is 0 Å². The number of phenols is 1. The van der Waals surface area contributed by atoms with Crippen molar-refractivity contribution in [3.8, 4) is 5.75 Å². The van der Waals surface area contributed by atoms with E-state index in [9.17, 15) is 14.7 Å². The minimum atomic E-state index is -0.392. The number of hydrogen-bond acceptors (Lipinski definition) is 4. The van der Waals surface area contributed by atoms with Gasteiger partial charge < -0.3 is 9.84 Å². The van der Waals surface area contributed by atoms with E-state index in [2.05, 4.69) is 0 Å². The zero-order valence-corrected chi connectivity index (χ0v) is 9.89. The van der Waals surface area contributed by atoms with Gasteiger partial charge in [0, 0.05) is 0 Å². The Morgan fingerprint density at radius 3 is 2.00 bits per heavy atom. The molecule has 0 spiro atoms. The van der Waals surface area contributed by atoms with Crippen LogP contribution in [0.4, 0.5) is 5.69 Å². The molecule has 1 aromatic carbocycles. The largest absolute Gasteiger partial charge is 0.508 e. The van der Waals surface area contributed by atoms with E-state index in [0.717, 1.165) is 0 Å². The molecule has 2 amide bonds. The summed E-state index contributed by atoms with van der Waals surface area (Å²) < 4.78 is 5.56. The third kappa shape index (κ3) is 1.28. The van der Waals surface area contributed by atoms with Crippen molar-refractivity contribution in [2.24, 2.45) is 11.8 Å². The van der Waals surface area contributed by atoms with Gasteiger partial charge in [-0.3, -0.25) is 9.59 Å². The summed E-state index contributed by atoms with van der Waals surface area (Å²) in [5.74, 6) is -1.10. The van der Waals surface area contributed by atoms with Gasteiger partial charge in [-0.05, 0) is 24.3 Å². The number of imide groups is 1. The predicted octanol–water partition coefficient (Wildman–Crippen LogP) is 0.835. The van der Waals surface area contributed by atoms with E-state index < -0.39 is 11.8 Å². The Bertz CT molecular complexity index is 576. The van der Waals surface area contributed by atoms with Crippen molar-refractivity contribution >= 4 is 17.5 Å². The van der Waals surface area contributed by atoms with Crippen molar-refractivity contribution in [3.05, 3.63) is 36.4 Å². The van der Waals surface area contributed by atoms with E-state index in [0.29, 0.717) is 5.69 Å². The van der Waals surface area contributed by atoms with Crippen LogP contribution in [0.3, 0.4) is 0 Å². The highest BCUT2D eigenvalue weighted by Gasteiger charge is 2.60. The van der Waals surface area contributed by atoms with Crippen LogP contribution < -0.4 is 4.90 Å². The molecule has 0 aromatic heterocycles. The van der Waals surface area contributed by atoms with Crippen LogP contribution in [-0.4, -0.2) is 29.1 Å². The monoisotopic (exact) mass is 257 g/mol. The summed E-state index contributed by atoms with van der Waals surface area (Å²) in [6.45, 7) is 0. The summed E-state index contributed by atoms with van der Waals surface area (Å²) in [5.41, 5.74) is 0.501. The smallest absolute Gasteiger partial charge is 0.240 e. The fourth-order valence-electron chi connectivity index (χ4n) is 3.16. The van der Waals surface area contributed by atoms with Gasteiger partial charge in [0.25, 0.3) is 0 Å². The normalized spacial score (nSPS) is 35.3. The molecule has 2 saturated heterocycles. The number of nitrogens with zero attached hydrogens (tertiary/aromatic N) is 1.